The molecule has 0 aromatic rings. The van der Waals surface area contributed by atoms with Gasteiger partial charge in [-0.2, -0.15) is 0 Å². The molecule has 2 rings (SSSR count). The minimum absolute atomic E-state index is 0. The smallest absolute Gasteiger partial charge is 0.313 e. The Morgan fingerprint density at radius 2 is 1.67 bits per heavy atom. The van der Waals surface area contributed by atoms with E-state index >= 15 is 0 Å². The second kappa shape index (κ2) is 5.74. The molecule has 4 heteroatoms. The summed E-state index contributed by atoms with van der Waals surface area (Å²) >= 11 is 0. The number of carbonyl (C=O) groups is 1. The van der Waals surface area contributed by atoms with Crippen LogP contribution in [-0.4, -0.2) is 37.6 Å². The van der Waals surface area contributed by atoms with Crippen LogP contribution in [0.4, 0.5) is 0 Å². The van der Waals surface area contributed by atoms with E-state index in [4.69, 9.17) is 4.74 Å². The molecule has 2 fully saturated rings. The third-order valence-corrected chi connectivity index (χ3v) is 3.26. The number of ether oxygens (including phenoxy) is 1. The van der Waals surface area contributed by atoms with Crippen molar-refractivity contribution in [2.75, 3.05) is 21.2 Å². The van der Waals surface area contributed by atoms with Gasteiger partial charge in [-0.05, 0) is 26.9 Å². The fourth-order valence-electron chi connectivity index (χ4n) is 2.13. The minimum Gasteiger partial charge on any atom is -0.469 e. The van der Waals surface area contributed by atoms with Crippen LogP contribution in [0.3, 0.4) is 0 Å². The number of carbonyl (C=O) groups excluding carboxylic acids is 1. The summed E-state index contributed by atoms with van der Waals surface area (Å²) in [6.07, 6.45) is 2.00. The van der Waals surface area contributed by atoms with Crippen molar-refractivity contribution in [2.24, 2.45) is 5.41 Å². The van der Waals surface area contributed by atoms with Crippen molar-refractivity contribution in [3.8, 4) is 0 Å². The standard InChI is InChI=1S/C8H13NO2.C2H6.CH3.Y/c1-9(2)8-4-7(8,5-8)6(10)11-3;1-2;;/h4-5H2,1-3H3;1-2H3;1H3;/q;;-1;. The second-order valence-corrected chi connectivity index (χ2v) is 3.85. The van der Waals surface area contributed by atoms with E-state index in [1.54, 1.807) is 0 Å². The zero-order valence-corrected chi connectivity index (χ0v) is 13.6. The van der Waals surface area contributed by atoms with Crippen molar-refractivity contribution in [3.05, 3.63) is 7.43 Å². The molecule has 0 aromatic heterocycles. The number of rotatable bonds is 2. The Balaban J connectivity index is 0. The third-order valence-electron chi connectivity index (χ3n) is 3.26. The van der Waals surface area contributed by atoms with Crippen molar-refractivity contribution >= 4 is 5.97 Å². The summed E-state index contributed by atoms with van der Waals surface area (Å²) in [5, 5.41) is 0. The molecule has 0 amide bonds. The summed E-state index contributed by atoms with van der Waals surface area (Å²) in [7, 11) is 5.52. The normalized spacial score (nSPS) is 33.5. The number of nitrogens with zero attached hydrogens (tertiary/aromatic N) is 1. The predicted octanol–water partition coefficient (Wildman–Crippen LogP) is 1.73. The van der Waals surface area contributed by atoms with Crippen LogP contribution < -0.4 is 0 Å². The summed E-state index contributed by atoms with van der Waals surface area (Å²) in [5.74, 6) is -0.0220. The van der Waals surface area contributed by atoms with E-state index in [1.165, 1.54) is 7.11 Å². The molecular formula is C11H22NO2Y-. The summed E-state index contributed by atoms with van der Waals surface area (Å²) in [6.45, 7) is 4.00. The molecule has 2 saturated carbocycles. The van der Waals surface area contributed by atoms with Crippen LogP contribution in [-0.2, 0) is 42.2 Å². The first-order chi connectivity index (χ1) is 6.09. The quantitative estimate of drug-likeness (QED) is 0.573. The van der Waals surface area contributed by atoms with E-state index in [0.717, 1.165) is 12.8 Å². The van der Waals surface area contributed by atoms with Crippen molar-refractivity contribution in [2.45, 2.75) is 32.2 Å². The van der Waals surface area contributed by atoms with Gasteiger partial charge in [-0.3, -0.25) is 4.79 Å². The molecule has 2 aliphatic rings. The number of fused-ring (bicyclic) bond motifs is 1. The van der Waals surface area contributed by atoms with Crippen molar-refractivity contribution in [1.29, 1.82) is 0 Å². The van der Waals surface area contributed by atoms with Gasteiger partial charge in [0, 0.05) is 38.2 Å². The Morgan fingerprint density at radius 1 is 1.27 bits per heavy atom. The van der Waals surface area contributed by atoms with Gasteiger partial charge in [0.25, 0.3) is 0 Å². The van der Waals surface area contributed by atoms with Gasteiger partial charge in [0.2, 0.25) is 0 Å². The van der Waals surface area contributed by atoms with E-state index in [1.807, 2.05) is 27.9 Å². The zero-order valence-electron chi connectivity index (χ0n) is 10.8. The van der Waals surface area contributed by atoms with Gasteiger partial charge in [-0.25, -0.2) is 0 Å². The first kappa shape index (κ1) is 17.9. The average Bonchev–Trinajstić information content (AvgIpc) is 2.91. The fraction of sp³-hybridized carbons (Fsp3) is 0.818. The summed E-state index contributed by atoms with van der Waals surface area (Å²) in [4.78, 5) is 13.3. The SMILES string of the molecule is CC.COC(=O)C12CC1(N(C)C)C2.[CH3-].[Y]. The van der Waals surface area contributed by atoms with Gasteiger partial charge in [0.15, 0.2) is 0 Å². The first-order valence-electron chi connectivity index (χ1n) is 4.85. The molecule has 0 spiro atoms. The number of methoxy groups -OCH3 is 1. The van der Waals surface area contributed by atoms with Gasteiger partial charge in [-0.1, -0.05) is 13.8 Å². The molecule has 0 aromatic carbocycles. The zero-order chi connectivity index (χ0) is 10.3. The molecule has 15 heavy (non-hydrogen) atoms. The first-order valence-corrected chi connectivity index (χ1v) is 4.85. The summed E-state index contributed by atoms with van der Waals surface area (Å²) in [5.41, 5.74) is 0.103. The van der Waals surface area contributed by atoms with Gasteiger partial charge in [-0.15, -0.1) is 0 Å². The Hall–Kier alpha value is 0.534. The predicted molar refractivity (Wildman–Crippen MR) is 57.9 cm³/mol. The van der Waals surface area contributed by atoms with E-state index in [0.29, 0.717) is 0 Å². The van der Waals surface area contributed by atoms with E-state index in [2.05, 4.69) is 4.90 Å². The molecule has 0 aliphatic heterocycles. The van der Waals surface area contributed by atoms with E-state index < -0.39 is 0 Å². The number of hydrogen-bond acceptors (Lipinski definition) is 3. The van der Waals surface area contributed by atoms with Gasteiger partial charge < -0.3 is 17.1 Å². The maximum atomic E-state index is 11.2. The monoisotopic (exact) mass is 289 g/mol. The Kier molecular flexibility index (Phi) is 6.86. The minimum atomic E-state index is -0.0920. The maximum absolute atomic E-state index is 11.2. The van der Waals surface area contributed by atoms with Crippen LogP contribution in [0.5, 0.6) is 0 Å². The molecule has 3 nitrogen and oxygen atoms in total. The molecule has 0 bridgehead atoms. The Bertz CT molecular complexity index is 223. The van der Waals surface area contributed by atoms with Crippen LogP contribution in [0.15, 0.2) is 0 Å². The molecule has 2 aliphatic carbocycles. The molecular weight excluding hydrogens is 267 g/mol. The number of esters is 1. The molecule has 87 valence electrons. The molecule has 1 radical (unpaired) electrons. The topological polar surface area (TPSA) is 29.5 Å². The van der Waals surface area contributed by atoms with Gasteiger partial charge >= 0.3 is 5.97 Å². The Morgan fingerprint density at radius 3 is 1.87 bits per heavy atom. The molecule has 0 unspecified atom stereocenters. The van der Waals surface area contributed by atoms with Crippen LogP contribution in [0.2, 0.25) is 0 Å². The molecule has 0 N–H and O–H groups in total. The maximum Gasteiger partial charge on any atom is 0.313 e. The summed E-state index contributed by atoms with van der Waals surface area (Å²) < 4.78 is 4.73. The van der Waals surface area contributed by atoms with Crippen molar-refractivity contribution in [3.63, 3.8) is 0 Å². The van der Waals surface area contributed by atoms with Crippen LogP contribution in [0.25, 0.3) is 0 Å². The van der Waals surface area contributed by atoms with Crippen molar-refractivity contribution < 1.29 is 42.2 Å². The largest absolute Gasteiger partial charge is 0.469 e. The van der Waals surface area contributed by atoms with Crippen molar-refractivity contribution in [1.82, 2.24) is 4.90 Å². The van der Waals surface area contributed by atoms with Crippen LogP contribution >= 0.6 is 0 Å². The van der Waals surface area contributed by atoms with Crippen LogP contribution in [0, 0.1) is 12.8 Å². The molecule has 0 heterocycles. The Labute approximate surface area is 119 Å². The molecule has 0 atom stereocenters. The van der Waals surface area contributed by atoms with Gasteiger partial charge in [0.1, 0.15) is 0 Å². The van der Waals surface area contributed by atoms with Gasteiger partial charge in [0.05, 0.1) is 12.5 Å². The second-order valence-electron chi connectivity index (χ2n) is 3.85. The van der Waals surface area contributed by atoms with Crippen LogP contribution in [0.1, 0.15) is 26.7 Å². The molecule has 0 saturated heterocycles. The summed E-state index contributed by atoms with van der Waals surface area (Å²) in [6, 6.07) is 0. The average molecular weight is 289 g/mol. The van der Waals surface area contributed by atoms with E-state index in [-0.39, 0.29) is 57.1 Å². The number of hydrogen-bond donors (Lipinski definition) is 0. The third kappa shape index (κ3) is 2.30. The fourth-order valence-corrected chi connectivity index (χ4v) is 2.13. The van der Waals surface area contributed by atoms with E-state index in [9.17, 15) is 4.79 Å².